The summed E-state index contributed by atoms with van der Waals surface area (Å²) in [6.07, 6.45) is 7.47. The van der Waals surface area contributed by atoms with Crippen LogP contribution in [-0.4, -0.2) is 35.8 Å². The van der Waals surface area contributed by atoms with E-state index in [9.17, 15) is 0 Å². The molecule has 55 heavy (non-hydrogen) atoms. The molecule has 0 fully saturated rings. The first kappa shape index (κ1) is 30.0. The van der Waals surface area contributed by atoms with Gasteiger partial charge in [-0.15, -0.1) is 0 Å². The largest absolute Gasteiger partial charge is 0.310 e. The Labute approximate surface area is 316 Å². The number of anilines is 6. The van der Waals surface area contributed by atoms with Gasteiger partial charge in [-0.05, 0) is 89.8 Å². The number of rotatable bonds is 5. The fraction of sp³-hybridized carbons (Fsp3) is 0. The van der Waals surface area contributed by atoms with E-state index < -0.39 is 0 Å². The number of pyridine rings is 4. The van der Waals surface area contributed by atoms with E-state index in [0.717, 1.165) is 62.6 Å². The minimum atomic E-state index is -0.113. The van der Waals surface area contributed by atoms with Crippen LogP contribution in [-0.2, 0) is 0 Å². The van der Waals surface area contributed by atoms with Crippen LogP contribution < -0.4 is 26.3 Å². The predicted octanol–water partition coefficient (Wildman–Crippen LogP) is 8.39. The van der Waals surface area contributed by atoms with Crippen LogP contribution in [0.15, 0.2) is 176 Å². The van der Waals surface area contributed by atoms with E-state index in [1.54, 1.807) is 0 Å². The van der Waals surface area contributed by atoms with Crippen LogP contribution in [0.4, 0.5) is 34.4 Å². The molecule has 2 aliphatic rings. The Bertz CT molecular complexity index is 3070. The molecule has 0 amide bonds. The third-order valence-corrected chi connectivity index (χ3v) is 11.1. The molecule has 0 radical (unpaired) electrons. The maximum absolute atomic E-state index is 5.19. The number of para-hydroxylation sites is 3. The number of nitrogens with zero attached hydrogens (tertiary/aromatic N) is 8. The van der Waals surface area contributed by atoms with Crippen molar-refractivity contribution >= 4 is 90.5 Å². The van der Waals surface area contributed by atoms with Crippen LogP contribution in [0.2, 0.25) is 0 Å². The van der Waals surface area contributed by atoms with Gasteiger partial charge in [0, 0.05) is 63.6 Å². The SMILES string of the molecule is c1ccc(N2c3cccnc3B3c4c2cc(N(c2ccccn2)c2ccccn2)cc4-n2c4c3cccc4c3c4ccccc4n(-c4ccccn4)c32)cc1. The molecule has 4 aromatic carbocycles. The summed E-state index contributed by atoms with van der Waals surface area (Å²) in [4.78, 5) is 24.4. The van der Waals surface area contributed by atoms with Crippen LogP contribution in [0, 0.1) is 0 Å². The molecule has 0 N–H and O–H groups in total. The highest BCUT2D eigenvalue weighted by Gasteiger charge is 2.44. The summed E-state index contributed by atoms with van der Waals surface area (Å²) in [5, 5.41) is 3.58. The van der Waals surface area contributed by atoms with Gasteiger partial charge in [0.25, 0.3) is 6.71 Å². The topological polar surface area (TPSA) is 67.9 Å². The zero-order chi connectivity index (χ0) is 36.0. The van der Waals surface area contributed by atoms with Crippen molar-refractivity contribution in [2.45, 2.75) is 0 Å². The van der Waals surface area contributed by atoms with Crippen molar-refractivity contribution in [2.75, 3.05) is 9.80 Å². The molecule has 0 saturated carbocycles. The van der Waals surface area contributed by atoms with Crippen molar-refractivity contribution in [2.24, 2.45) is 0 Å². The standard InChI is InChI=1S/C46H29BN8/c1-2-14-30(15-3-1)52-36-20-13-27-51-45(36)47-34-18-12-17-33-42-32-16-4-5-19-35(32)54(41-23-8-11-26-50-41)46(42)55(44(33)34)38-29-31(28-37(52)43(38)47)53(39-21-6-9-24-48-39)40-22-7-10-25-49-40/h1-29H. The number of hydrogen-bond donors (Lipinski definition) is 0. The van der Waals surface area contributed by atoms with Crippen LogP contribution in [0.25, 0.3) is 44.3 Å². The second kappa shape index (κ2) is 11.5. The third-order valence-electron chi connectivity index (χ3n) is 11.1. The van der Waals surface area contributed by atoms with Gasteiger partial charge in [-0.25, -0.2) is 15.0 Å². The van der Waals surface area contributed by atoms with E-state index in [-0.39, 0.29) is 6.71 Å². The van der Waals surface area contributed by atoms with E-state index in [0.29, 0.717) is 0 Å². The molecule has 0 unspecified atom stereocenters. The summed E-state index contributed by atoms with van der Waals surface area (Å²) in [7, 11) is 0. The van der Waals surface area contributed by atoms with Gasteiger partial charge in [-0.2, -0.15) is 0 Å². The van der Waals surface area contributed by atoms with Crippen molar-refractivity contribution < 1.29 is 0 Å². The highest BCUT2D eigenvalue weighted by molar-refractivity contribution is 7.00. The Kier molecular flexibility index (Phi) is 6.27. The summed E-state index contributed by atoms with van der Waals surface area (Å²) >= 11 is 0. The zero-order valence-corrected chi connectivity index (χ0v) is 29.4. The van der Waals surface area contributed by atoms with Gasteiger partial charge in [-0.3, -0.25) is 19.0 Å². The second-order valence-corrected chi connectivity index (χ2v) is 13.9. The molecule has 8 nitrogen and oxygen atoms in total. The Morgan fingerprint density at radius 3 is 1.96 bits per heavy atom. The summed E-state index contributed by atoms with van der Waals surface area (Å²) in [5.74, 6) is 2.41. The van der Waals surface area contributed by atoms with Crippen LogP contribution in [0.3, 0.4) is 0 Å². The normalized spacial score (nSPS) is 12.7. The Morgan fingerprint density at radius 1 is 0.509 bits per heavy atom. The van der Waals surface area contributed by atoms with E-state index >= 15 is 0 Å². The molecule has 2 aliphatic heterocycles. The molecule has 0 spiro atoms. The number of aromatic nitrogens is 6. The number of hydrogen-bond acceptors (Lipinski definition) is 6. The van der Waals surface area contributed by atoms with Crippen molar-refractivity contribution in [3.63, 3.8) is 0 Å². The molecular formula is C46H29BN8. The zero-order valence-electron chi connectivity index (χ0n) is 29.4. The van der Waals surface area contributed by atoms with Gasteiger partial charge < -0.3 is 4.90 Å². The predicted molar refractivity (Wildman–Crippen MR) is 223 cm³/mol. The van der Waals surface area contributed by atoms with Gasteiger partial charge in [-0.1, -0.05) is 72.8 Å². The fourth-order valence-electron chi connectivity index (χ4n) is 9.01. The van der Waals surface area contributed by atoms with Crippen LogP contribution in [0.5, 0.6) is 0 Å². The van der Waals surface area contributed by atoms with E-state index in [1.807, 2.05) is 73.3 Å². The molecular weight excluding hydrogens is 675 g/mol. The van der Waals surface area contributed by atoms with Crippen molar-refractivity contribution in [3.8, 4) is 11.5 Å². The van der Waals surface area contributed by atoms with E-state index in [2.05, 4.69) is 122 Å². The smallest absolute Gasteiger partial charge is 0.275 e. The molecule has 256 valence electrons. The maximum atomic E-state index is 5.19. The lowest BCUT2D eigenvalue weighted by molar-refractivity contribution is 1.02. The highest BCUT2D eigenvalue weighted by Crippen LogP contribution is 2.46. The molecule has 0 bridgehead atoms. The summed E-state index contributed by atoms with van der Waals surface area (Å²) in [6, 6.07) is 53.1. The van der Waals surface area contributed by atoms with Crippen molar-refractivity contribution in [3.05, 3.63) is 176 Å². The molecule has 9 heteroatoms. The second-order valence-electron chi connectivity index (χ2n) is 13.9. The van der Waals surface area contributed by atoms with Gasteiger partial charge >= 0.3 is 0 Å². The molecule has 0 aliphatic carbocycles. The number of benzene rings is 4. The quantitative estimate of drug-likeness (QED) is 0.168. The van der Waals surface area contributed by atoms with E-state index in [4.69, 9.17) is 19.9 Å². The molecule has 0 saturated heterocycles. The molecule has 6 aromatic heterocycles. The molecule has 0 atom stereocenters. The lowest BCUT2D eigenvalue weighted by Gasteiger charge is -2.40. The first-order chi connectivity index (χ1) is 27.3. The van der Waals surface area contributed by atoms with Crippen molar-refractivity contribution in [1.29, 1.82) is 0 Å². The summed E-state index contributed by atoms with van der Waals surface area (Å²) < 4.78 is 4.81. The number of fused-ring (bicyclic) bond motifs is 9. The monoisotopic (exact) mass is 704 g/mol. The Hall–Kier alpha value is -7.52. The first-order valence-electron chi connectivity index (χ1n) is 18.4. The molecule has 8 heterocycles. The maximum Gasteiger partial charge on any atom is 0.275 e. The van der Waals surface area contributed by atoms with Gasteiger partial charge in [0.2, 0.25) is 0 Å². The lowest BCUT2D eigenvalue weighted by atomic mass is 9.35. The average molecular weight is 705 g/mol. The summed E-state index contributed by atoms with van der Waals surface area (Å²) in [6.45, 7) is -0.113. The minimum Gasteiger partial charge on any atom is -0.310 e. The molecule has 12 rings (SSSR count). The average Bonchev–Trinajstić information content (AvgIpc) is 3.77. The van der Waals surface area contributed by atoms with Gasteiger partial charge in [0.05, 0.1) is 22.4 Å². The van der Waals surface area contributed by atoms with Gasteiger partial charge in [0.15, 0.2) is 0 Å². The van der Waals surface area contributed by atoms with Crippen LogP contribution in [0.1, 0.15) is 0 Å². The minimum absolute atomic E-state index is 0.113. The lowest BCUT2D eigenvalue weighted by Crippen LogP contribution is -2.61. The Balaban J connectivity index is 1.29. The highest BCUT2D eigenvalue weighted by atomic mass is 15.3. The van der Waals surface area contributed by atoms with Gasteiger partial charge in [0.1, 0.15) is 23.1 Å². The summed E-state index contributed by atoms with van der Waals surface area (Å²) in [5.41, 5.74) is 12.0. The fourth-order valence-corrected chi connectivity index (χ4v) is 9.01. The Morgan fingerprint density at radius 2 is 1.20 bits per heavy atom. The third kappa shape index (κ3) is 4.17. The first-order valence-corrected chi connectivity index (χ1v) is 18.4. The van der Waals surface area contributed by atoms with E-state index in [1.165, 1.54) is 32.6 Å². The van der Waals surface area contributed by atoms with Crippen LogP contribution >= 0.6 is 0 Å². The molecule has 10 aromatic rings. The van der Waals surface area contributed by atoms with Crippen molar-refractivity contribution in [1.82, 2.24) is 29.1 Å².